The van der Waals surface area contributed by atoms with E-state index >= 15 is 0 Å². The molecular formula is C35H55N5O7. The molecule has 1 aromatic carbocycles. The monoisotopic (exact) mass is 657 g/mol. The summed E-state index contributed by atoms with van der Waals surface area (Å²) in [6.07, 6.45) is 3.20. The maximum absolute atomic E-state index is 13.9. The van der Waals surface area contributed by atoms with E-state index in [2.05, 4.69) is 36.7 Å². The number of hydrogen-bond donors (Lipinski definition) is 4. The number of urea groups is 1. The van der Waals surface area contributed by atoms with Crippen molar-refractivity contribution in [3.05, 3.63) is 35.9 Å². The number of likely N-dealkylation sites (tertiary alicyclic amines) is 1. The lowest BCUT2D eigenvalue weighted by Gasteiger charge is -2.36. The van der Waals surface area contributed by atoms with Gasteiger partial charge in [-0.2, -0.15) is 0 Å². The molecule has 0 spiro atoms. The molecule has 1 saturated heterocycles. The summed E-state index contributed by atoms with van der Waals surface area (Å²) in [7, 11) is 0. The molecule has 1 aromatic rings. The standard InChI is InChI=1S/C31H45N5O7.C4H10/c1-18-14-15-36(24(18)28(40)34-22(25(38)27(32)39)16-20-10-9-11-20)29(41)26(31(3,4)5)35-30(42)33-17-23(37)43-19(2)21-12-7-6-8-13-21;1-4(2)3/h6-8,12-13,18-20,22,24,26H,9-11,14-17H2,1-5H3,(H2,32,39)(H,34,40)(H2,33,35,42);4H,1-3H3/t18-,19?,22?,24?,26?;/m0./s1. The maximum Gasteiger partial charge on any atom is 0.326 e. The highest BCUT2D eigenvalue weighted by molar-refractivity contribution is 6.37. The summed E-state index contributed by atoms with van der Waals surface area (Å²) in [5.41, 5.74) is 5.31. The molecular weight excluding hydrogens is 602 g/mol. The first-order valence-electron chi connectivity index (χ1n) is 16.7. The van der Waals surface area contributed by atoms with Crippen molar-refractivity contribution in [1.82, 2.24) is 20.9 Å². The van der Waals surface area contributed by atoms with Gasteiger partial charge in [-0.3, -0.25) is 24.0 Å². The molecule has 2 fully saturated rings. The molecule has 262 valence electrons. The van der Waals surface area contributed by atoms with Crippen molar-refractivity contribution in [2.24, 2.45) is 28.9 Å². The van der Waals surface area contributed by atoms with E-state index in [1.54, 1.807) is 27.7 Å². The number of esters is 1. The van der Waals surface area contributed by atoms with Crippen molar-refractivity contribution < 1.29 is 33.5 Å². The van der Waals surface area contributed by atoms with Gasteiger partial charge in [-0.05, 0) is 48.5 Å². The first kappa shape index (κ1) is 39.2. The van der Waals surface area contributed by atoms with Crippen LogP contribution in [-0.2, 0) is 28.7 Å². The Morgan fingerprint density at radius 3 is 2.06 bits per heavy atom. The SMILES string of the molecule is CC(C)C.CC(OC(=O)CNC(=O)NC(C(=O)N1CC[C@H](C)C1C(=O)NC(CC1CCC1)C(=O)C(N)=O)C(C)(C)C)c1ccccc1. The Kier molecular flexibility index (Phi) is 14.9. The molecule has 0 bridgehead atoms. The number of carbonyl (C=O) groups is 6. The van der Waals surface area contributed by atoms with E-state index in [0.29, 0.717) is 12.8 Å². The number of amides is 5. The molecule has 5 N–H and O–H groups in total. The highest BCUT2D eigenvalue weighted by Crippen LogP contribution is 2.32. The minimum atomic E-state index is -1.11. The summed E-state index contributed by atoms with van der Waals surface area (Å²) in [6.45, 7) is 15.3. The predicted molar refractivity (Wildman–Crippen MR) is 179 cm³/mol. The van der Waals surface area contributed by atoms with Gasteiger partial charge in [0.25, 0.3) is 5.91 Å². The lowest BCUT2D eigenvalue weighted by molar-refractivity contribution is -0.147. The summed E-state index contributed by atoms with van der Waals surface area (Å²) in [6, 6.07) is 5.45. The number of ketones is 1. The number of Topliss-reactive ketones (excluding diaryl/α,β-unsaturated/α-hetero) is 1. The second-order valence-electron chi connectivity index (χ2n) is 14.5. The minimum Gasteiger partial charge on any atom is -0.456 e. The fourth-order valence-electron chi connectivity index (χ4n) is 5.50. The Balaban J connectivity index is 0.00000181. The van der Waals surface area contributed by atoms with Crippen molar-refractivity contribution in [2.75, 3.05) is 13.1 Å². The van der Waals surface area contributed by atoms with Crippen LogP contribution >= 0.6 is 0 Å². The number of ether oxygens (including phenoxy) is 1. The van der Waals surface area contributed by atoms with Crippen LogP contribution in [0.4, 0.5) is 4.79 Å². The van der Waals surface area contributed by atoms with Gasteiger partial charge in [0.05, 0.1) is 6.04 Å². The number of carbonyl (C=O) groups excluding carboxylic acids is 6. The van der Waals surface area contributed by atoms with Crippen LogP contribution in [0, 0.1) is 23.2 Å². The summed E-state index contributed by atoms with van der Waals surface area (Å²) in [4.78, 5) is 78.1. The van der Waals surface area contributed by atoms with E-state index in [0.717, 1.165) is 30.7 Å². The minimum absolute atomic E-state index is 0.221. The topological polar surface area (TPSA) is 177 Å². The Morgan fingerprint density at radius 2 is 1.55 bits per heavy atom. The predicted octanol–water partition coefficient (Wildman–Crippen LogP) is 3.63. The molecule has 5 amide bonds. The van der Waals surface area contributed by atoms with Crippen LogP contribution in [0.2, 0.25) is 0 Å². The van der Waals surface area contributed by atoms with Crippen molar-refractivity contribution in [2.45, 2.75) is 112 Å². The van der Waals surface area contributed by atoms with Gasteiger partial charge in [0.15, 0.2) is 0 Å². The normalized spacial score (nSPS) is 19.6. The van der Waals surface area contributed by atoms with E-state index in [1.165, 1.54) is 4.90 Å². The van der Waals surface area contributed by atoms with Crippen LogP contribution in [0.25, 0.3) is 0 Å². The molecule has 1 aliphatic carbocycles. The smallest absolute Gasteiger partial charge is 0.326 e. The lowest BCUT2D eigenvalue weighted by Crippen LogP contribution is -2.60. The molecule has 0 radical (unpaired) electrons. The summed E-state index contributed by atoms with van der Waals surface area (Å²) < 4.78 is 5.38. The second kappa shape index (κ2) is 17.8. The van der Waals surface area contributed by atoms with Gasteiger partial charge >= 0.3 is 12.0 Å². The quantitative estimate of drug-likeness (QED) is 0.196. The van der Waals surface area contributed by atoms with Crippen molar-refractivity contribution in [3.8, 4) is 0 Å². The van der Waals surface area contributed by atoms with Crippen LogP contribution < -0.4 is 21.7 Å². The van der Waals surface area contributed by atoms with Crippen LogP contribution in [-0.4, -0.2) is 71.6 Å². The third kappa shape index (κ3) is 12.3. The average Bonchev–Trinajstić information content (AvgIpc) is 3.36. The average molecular weight is 658 g/mol. The van der Waals surface area contributed by atoms with Crippen LogP contribution in [0.1, 0.15) is 99.2 Å². The Hall–Kier alpha value is -3.96. The maximum atomic E-state index is 13.9. The zero-order valence-corrected chi connectivity index (χ0v) is 29.3. The summed E-state index contributed by atoms with van der Waals surface area (Å²) in [5.74, 6) is -2.79. The van der Waals surface area contributed by atoms with E-state index in [4.69, 9.17) is 10.5 Å². The van der Waals surface area contributed by atoms with Crippen LogP contribution in [0.5, 0.6) is 0 Å². The largest absolute Gasteiger partial charge is 0.456 e. The number of rotatable bonds is 12. The molecule has 1 saturated carbocycles. The van der Waals surface area contributed by atoms with Gasteiger partial charge in [0, 0.05) is 6.54 Å². The van der Waals surface area contributed by atoms with Crippen LogP contribution in [0.15, 0.2) is 30.3 Å². The molecule has 3 rings (SSSR count). The van der Waals surface area contributed by atoms with Gasteiger partial charge in [-0.25, -0.2) is 4.79 Å². The molecule has 12 heteroatoms. The summed E-state index contributed by atoms with van der Waals surface area (Å²) in [5, 5.41) is 7.82. The first-order chi connectivity index (χ1) is 21.9. The first-order valence-corrected chi connectivity index (χ1v) is 16.7. The highest BCUT2D eigenvalue weighted by Gasteiger charge is 2.45. The number of nitrogens with one attached hydrogen (secondary N) is 3. The number of primary amides is 1. The zero-order valence-electron chi connectivity index (χ0n) is 29.3. The Morgan fingerprint density at radius 1 is 0.957 bits per heavy atom. The van der Waals surface area contributed by atoms with Gasteiger partial charge in [-0.15, -0.1) is 0 Å². The Labute approximate surface area is 279 Å². The number of nitrogens with zero attached hydrogens (tertiary/aromatic N) is 1. The number of benzene rings is 1. The van der Waals surface area contributed by atoms with Crippen molar-refractivity contribution in [1.29, 1.82) is 0 Å². The van der Waals surface area contributed by atoms with E-state index in [9.17, 15) is 28.8 Å². The van der Waals surface area contributed by atoms with Gasteiger partial charge < -0.3 is 31.3 Å². The highest BCUT2D eigenvalue weighted by atomic mass is 16.5. The third-order valence-corrected chi connectivity index (χ3v) is 8.28. The van der Waals surface area contributed by atoms with Gasteiger partial charge in [0.2, 0.25) is 17.6 Å². The van der Waals surface area contributed by atoms with Crippen molar-refractivity contribution in [3.63, 3.8) is 0 Å². The molecule has 0 aromatic heterocycles. The second-order valence-corrected chi connectivity index (χ2v) is 14.5. The number of nitrogens with two attached hydrogens (primary N) is 1. The zero-order chi connectivity index (χ0) is 35.5. The van der Waals surface area contributed by atoms with E-state index in [1.807, 2.05) is 37.3 Å². The molecule has 5 atom stereocenters. The molecule has 12 nitrogen and oxygen atoms in total. The van der Waals surface area contributed by atoms with E-state index < -0.39 is 71.7 Å². The molecule has 4 unspecified atom stereocenters. The molecule has 47 heavy (non-hydrogen) atoms. The fourth-order valence-corrected chi connectivity index (χ4v) is 5.50. The van der Waals surface area contributed by atoms with Gasteiger partial charge in [-0.1, -0.05) is 98.1 Å². The Bertz CT molecular complexity index is 1240. The molecule has 2 aliphatic rings. The van der Waals surface area contributed by atoms with Crippen molar-refractivity contribution >= 4 is 35.5 Å². The fraction of sp³-hybridized carbons (Fsp3) is 0.657. The van der Waals surface area contributed by atoms with Gasteiger partial charge in [0.1, 0.15) is 24.7 Å². The number of hydrogen-bond acceptors (Lipinski definition) is 7. The third-order valence-electron chi connectivity index (χ3n) is 8.28. The lowest BCUT2D eigenvalue weighted by atomic mass is 9.80. The molecule has 1 heterocycles. The van der Waals surface area contributed by atoms with E-state index in [-0.39, 0.29) is 18.4 Å². The summed E-state index contributed by atoms with van der Waals surface area (Å²) >= 11 is 0. The van der Waals surface area contributed by atoms with Crippen LogP contribution in [0.3, 0.4) is 0 Å². The molecule has 1 aliphatic heterocycles.